The molecule has 0 aromatic heterocycles. The van der Waals surface area contributed by atoms with E-state index in [0.717, 1.165) is 31.7 Å². The fourth-order valence-electron chi connectivity index (χ4n) is 2.36. The van der Waals surface area contributed by atoms with Gasteiger partial charge in [0.1, 0.15) is 0 Å². The zero-order valence-electron chi connectivity index (χ0n) is 11.4. The summed E-state index contributed by atoms with van der Waals surface area (Å²) in [6, 6.07) is 6.74. The predicted molar refractivity (Wildman–Crippen MR) is 81.1 cm³/mol. The number of halogens is 1. The molecule has 0 saturated carbocycles. The zero-order chi connectivity index (χ0) is 13.9. The normalized spacial score (nSPS) is 18.3. The molecular formula is C13H21ClN2O3S. The third kappa shape index (κ3) is 4.17. The van der Waals surface area contributed by atoms with Crippen LogP contribution in [0.2, 0.25) is 0 Å². The van der Waals surface area contributed by atoms with E-state index in [1.807, 2.05) is 0 Å². The Morgan fingerprint density at radius 2 is 1.80 bits per heavy atom. The fraction of sp³-hybridized carbons (Fsp3) is 0.538. The van der Waals surface area contributed by atoms with Crippen LogP contribution in [0.4, 0.5) is 0 Å². The molecule has 1 atom stereocenters. The van der Waals surface area contributed by atoms with Crippen LogP contribution in [0.3, 0.4) is 0 Å². The Bertz CT molecular complexity index is 513. The first-order valence-corrected chi connectivity index (χ1v) is 8.27. The predicted octanol–water partition coefficient (Wildman–Crippen LogP) is 0.451. The number of aliphatic hydroxyl groups is 1. The number of piperazine rings is 1. The van der Waals surface area contributed by atoms with Crippen molar-refractivity contribution >= 4 is 22.2 Å². The van der Waals surface area contributed by atoms with E-state index < -0.39 is 9.84 Å². The van der Waals surface area contributed by atoms with Gasteiger partial charge >= 0.3 is 0 Å². The van der Waals surface area contributed by atoms with E-state index >= 15 is 0 Å². The molecule has 1 aromatic rings. The molecule has 2 rings (SSSR count). The largest absolute Gasteiger partial charge is 0.394 e. The van der Waals surface area contributed by atoms with E-state index in [9.17, 15) is 13.5 Å². The molecule has 5 nitrogen and oxygen atoms in total. The first kappa shape index (κ1) is 17.4. The van der Waals surface area contributed by atoms with Crippen molar-refractivity contribution in [2.24, 2.45) is 0 Å². The van der Waals surface area contributed by atoms with Crippen LogP contribution in [-0.2, 0) is 9.84 Å². The molecule has 1 aromatic carbocycles. The van der Waals surface area contributed by atoms with E-state index in [1.54, 1.807) is 24.3 Å². The molecule has 1 aliphatic rings. The highest BCUT2D eigenvalue weighted by atomic mass is 35.5. The number of rotatable bonds is 4. The molecule has 0 amide bonds. The van der Waals surface area contributed by atoms with E-state index in [2.05, 4.69) is 10.2 Å². The molecule has 1 aliphatic heterocycles. The summed E-state index contributed by atoms with van der Waals surface area (Å²) in [4.78, 5) is 2.53. The highest BCUT2D eigenvalue weighted by Gasteiger charge is 2.21. The molecular weight excluding hydrogens is 300 g/mol. The van der Waals surface area contributed by atoms with Gasteiger partial charge in [0.05, 0.1) is 17.5 Å². The van der Waals surface area contributed by atoms with Crippen LogP contribution in [0, 0.1) is 0 Å². The highest BCUT2D eigenvalue weighted by molar-refractivity contribution is 7.90. The summed E-state index contributed by atoms with van der Waals surface area (Å²) in [5, 5.41) is 12.9. The number of hydrogen-bond acceptors (Lipinski definition) is 5. The Labute approximate surface area is 126 Å². The van der Waals surface area contributed by atoms with E-state index in [4.69, 9.17) is 0 Å². The van der Waals surface area contributed by atoms with E-state index in [-0.39, 0.29) is 25.1 Å². The van der Waals surface area contributed by atoms with Crippen molar-refractivity contribution in [2.45, 2.75) is 10.9 Å². The number of benzene rings is 1. The molecule has 1 fully saturated rings. The fourth-order valence-corrected chi connectivity index (χ4v) is 2.99. The Kier molecular flexibility index (Phi) is 6.42. The first-order valence-electron chi connectivity index (χ1n) is 6.38. The van der Waals surface area contributed by atoms with Gasteiger partial charge in [-0.2, -0.15) is 0 Å². The number of sulfone groups is 1. The van der Waals surface area contributed by atoms with Crippen molar-refractivity contribution in [3.63, 3.8) is 0 Å². The van der Waals surface area contributed by atoms with Crippen molar-refractivity contribution in [3.05, 3.63) is 29.8 Å². The molecule has 114 valence electrons. The van der Waals surface area contributed by atoms with Gasteiger partial charge in [0.25, 0.3) is 0 Å². The Hall–Kier alpha value is -0.660. The van der Waals surface area contributed by atoms with Crippen LogP contribution in [0.25, 0.3) is 0 Å². The number of nitrogens with zero attached hydrogens (tertiary/aromatic N) is 1. The molecule has 0 spiro atoms. The maximum absolute atomic E-state index is 11.4. The lowest BCUT2D eigenvalue weighted by Gasteiger charge is -2.34. The Morgan fingerprint density at radius 1 is 1.25 bits per heavy atom. The van der Waals surface area contributed by atoms with Gasteiger partial charge in [0.15, 0.2) is 9.84 Å². The minimum absolute atomic E-state index is 0. The minimum Gasteiger partial charge on any atom is -0.394 e. The van der Waals surface area contributed by atoms with Crippen LogP contribution in [0.15, 0.2) is 29.2 Å². The van der Waals surface area contributed by atoms with Gasteiger partial charge in [-0.1, -0.05) is 12.1 Å². The van der Waals surface area contributed by atoms with E-state index in [0.29, 0.717) is 4.90 Å². The van der Waals surface area contributed by atoms with Crippen LogP contribution >= 0.6 is 12.4 Å². The van der Waals surface area contributed by atoms with Gasteiger partial charge in [-0.15, -0.1) is 12.4 Å². The summed E-state index contributed by atoms with van der Waals surface area (Å²) >= 11 is 0. The highest BCUT2D eigenvalue weighted by Crippen LogP contribution is 2.22. The van der Waals surface area contributed by atoms with Crippen molar-refractivity contribution < 1.29 is 13.5 Å². The van der Waals surface area contributed by atoms with Gasteiger partial charge in [0.2, 0.25) is 0 Å². The van der Waals surface area contributed by atoms with Gasteiger partial charge < -0.3 is 10.4 Å². The standard InChI is InChI=1S/C13H20N2O3S.ClH/c1-19(17,18)12-4-2-11(3-5-12)13(10-16)15-8-6-14-7-9-15;/h2-5,13-14,16H,6-10H2,1H3;1H/t13-;/m0./s1. The quantitative estimate of drug-likeness (QED) is 0.843. The van der Waals surface area contributed by atoms with Gasteiger partial charge in [-0.05, 0) is 17.7 Å². The molecule has 7 heteroatoms. The van der Waals surface area contributed by atoms with E-state index in [1.165, 1.54) is 6.26 Å². The Balaban J connectivity index is 0.00000200. The molecule has 0 bridgehead atoms. The maximum atomic E-state index is 11.4. The summed E-state index contributed by atoms with van der Waals surface area (Å²) in [6.07, 6.45) is 1.20. The minimum atomic E-state index is -3.16. The third-order valence-electron chi connectivity index (χ3n) is 3.46. The van der Waals surface area contributed by atoms with Crippen LogP contribution in [0.1, 0.15) is 11.6 Å². The summed E-state index contributed by atoms with van der Waals surface area (Å²) in [6.45, 7) is 3.65. The van der Waals surface area contributed by atoms with Gasteiger partial charge in [-0.3, -0.25) is 4.90 Å². The molecule has 1 heterocycles. The second kappa shape index (κ2) is 7.38. The van der Waals surface area contributed by atoms with Gasteiger partial charge in [0, 0.05) is 32.4 Å². The second-order valence-corrected chi connectivity index (χ2v) is 6.84. The number of aliphatic hydroxyl groups excluding tert-OH is 1. The molecule has 20 heavy (non-hydrogen) atoms. The zero-order valence-corrected chi connectivity index (χ0v) is 13.1. The average Bonchev–Trinajstić information content (AvgIpc) is 2.40. The lowest BCUT2D eigenvalue weighted by atomic mass is 10.1. The number of nitrogens with one attached hydrogen (secondary N) is 1. The maximum Gasteiger partial charge on any atom is 0.175 e. The SMILES string of the molecule is CS(=O)(=O)c1ccc([C@H](CO)N2CCNCC2)cc1.Cl. The van der Waals surface area contributed by atoms with Crippen molar-refractivity contribution in [1.29, 1.82) is 0 Å². The van der Waals surface area contributed by atoms with Crippen molar-refractivity contribution in [1.82, 2.24) is 10.2 Å². The lowest BCUT2D eigenvalue weighted by molar-refractivity contribution is 0.111. The summed E-state index contributed by atoms with van der Waals surface area (Å²) in [7, 11) is -3.16. The monoisotopic (exact) mass is 320 g/mol. The topological polar surface area (TPSA) is 69.6 Å². The lowest BCUT2D eigenvalue weighted by Crippen LogP contribution is -2.46. The van der Waals surface area contributed by atoms with Crippen LogP contribution in [-0.4, -0.2) is 57.5 Å². The molecule has 0 unspecified atom stereocenters. The summed E-state index contributed by atoms with van der Waals surface area (Å²) < 4.78 is 22.8. The summed E-state index contributed by atoms with van der Waals surface area (Å²) in [5.41, 5.74) is 0.955. The number of hydrogen-bond donors (Lipinski definition) is 2. The molecule has 0 aliphatic carbocycles. The first-order chi connectivity index (χ1) is 9.02. The summed E-state index contributed by atoms with van der Waals surface area (Å²) in [5.74, 6) is 0. The van der Waals surface area contributed by atoms with Crippen molar-refractivity contribution in [3.8, 4) is 0 Å². The molecule has 1 saturated heterocycles. The molecule has 2 N–H and O–H groups in total. The molecule has 0 radical (unpaired) electrons. The third-order valence-corrected chi connectivity index (χ3v) is 4.59. The van der Waals surface area contributed by atoms with Crippen LogP contribution in [0.5, 0.6) is 0 Å². The van der Waals surface area contributed by atoms with Crippen LogP contribution < -0.4 is 5.32 Å². The van der Waals surface area contributed by atoms with Crippen molar-refractivity contribution in [2.75, 3.05) is 39.0 Å². The van der Waals surface area contributed by atoms with Gasteiger partial charge in [-0.25, -0.2) is 8.42 Å². The average molecular weight is 321 g/mol. The second-order valence-electron chi connectivity index (χ2n) is 4.83. The smallest absolute Gasteiger partial charge is 0.175 e. The Morgan fingerprint density at radius 3 is 2.25 bits per heavy atom.